The van der Waals surface area contributed by atoms with E-state index in [1.165, 1.54) is 33.4 Å². The molecule has 0 fully saturated rings. The van der Waals surface area contributed by atoms with Crippen molar-refractivity contribution < 1.29 is 0 Å². The van der Waals surface area contributed by atoms with Gasteiger partial charge in [0.25, 0.3) is 0 Å². The highest BCUT2D eigenvalue weighted by Crippen LogP contribution is 2.30. The Balaban J connectivity index is 2.47. The van der Waals surface area contributed by atoms with Crippen LogP contribution in [0.1, 0.15) is 72.9 Å². The first-order valence-electron chi connectivity index (χ1n) is 8.48. The number of benzene rings is 2. The van der Waals surface area contributed by atoms with Crippen LogP contribution >= 0.6 is 0 Å². The maximum atomic E-state index is 6.18. The Morgan fingerprint density at radius 3 is 1.35 bits per heavy atom. The minimum absolute atomic E-state index is 0.438. The van der Waals surface area contributed by atoms with Gasteiger partial charge in [0.1, 0.15) is 0 Å². The lowest BCUT2D eigenvalue weighted by molar-refractivity contribution is 0.861. The molecular weight excluding hydrogens is 280 g/mol. The second-order valence-electron chi connectivity index (χ2n) is 7.30. The zero-order valence-electron chi connectivity index (χ0n) is 15.3. The van der Waals surface area contributed by atoms with Crippen molar-refractivity contribution in [2.75, 3.05) is 11.5 Å². The Bertz CT molecular complexity index is 651. The summed E-state index contributed by atoms with van der Waals surface area (Å²) in [5, 5.41) is 0. The molecule has 4 N–H and O–H groups in total. The third-order valence-electron chi connectivity index (χ3n) is 4.71. The summed E-state index contributed by atoms with van der Waals surface area (Å²) >= 11 is 0. The van der Waals surface area contributed by atoms with Gasteiger partial charge in [-0.05, 0) is 77.6 Å². The maximum Gasteiger partial charge on any atom is 0.0352 e. The SMILES string of the molecule is Cc1cc(N)c(C(C)C)cc1Cc1cc(C(C)C)c(N)cc1C. The topological polar surface area (TPSA) is 52.0 Å². The van der Waals surface area contributed by atoms with Gasteiger partial charge in [0.15, 0.2) is 0 Å². The molecule has 2 rings (SSSR count). The van der Waals surface area contributed by atoms with E-state index in [0.29, 0.717) is 11.8 Å². The second kappa shape index (κ2) is 6.66. The molecule has 0 saturated carbocycles. The summed E-state index contributed by atoms with van der Waals surface area (Å²) < 4.78 is 0. The van der Waals surface area contributed by atoms with Crippen LogP contribution < -0.4 is 11.5 Å². The second-order valence-corrected chi connectivity index (χ2v) is 7.30. The highest BCUT2D eigenvalue weighted by molar-refractivity contribution is 5.57. The van der Waals surface area contributed by atoms with Crippen LogP contribution in [0.2, 0.25) is 0 Å². The molecule has 23 heavy (non-hydrogen) atoms. The number of hydrogen-bond donors (Lipinski definition) is 2. The highest BCUT2D eigenvalue weighted by Gasteiger charge is 2.12. The molecule has 124 valence electrons. The third-order valence-corrected chi connectivity index (χ3v) is 4.71. The summed E-state index contributed by atoms with van der Waals surface area (Å²) in [7, 11) is 0. The largest absolute Gasteiger partial charge is 0.398 e. The first-order valence-corrected chi connectivity index (χ1v) is 8.48. The van der Waals surface area contributed by atoms with Gasteiger partial charge in [-0.2, -0.15) is 0 Å². The molecule has 0 bridgehead atoms. The van der Waals surface area contributed by atoms with Crippen LogP contribution in [0, 0.1) is 13.8 Å². The molecule has 0 aliphatic carbocycles. The van der Waals surface area contributed by atoms with Crippen molar-refractivity contribution in [1.29, 1.82) is 0 Å². The zero-order valence-corrected chi connectivity index (χ0v) is 15.3. The minimum Gasteiger partial charge on any atom is -0.398 e. The average molecular weight is 310 g/mol. The number of aryl methyl sites for hydroxylation is 2. The predicted octanol–water partition coefficient (Wildman–Crippen LogP) is 5.31. The predicted molar refractivity (Wildman–Crippen MR) is 102 cm³/mol. The summed E-state index contributed by atoms with van der Waals surface area (Å²) in [4.78, 5) is 0. The van der Waals surface area contributed by atoms with E-state index in [1.807, 2.05) is 0 Å². The van der Waals surface area contributed by atoms with E-state index in [2.05, 4.69) is 65.8 Å². The fraction of sp³-hybridized carbons (Fsp3) is 0.429. The normalized spacial score (nSPS) is 11.5. The van der Waals surface area contributed by atoms with Gasteiger partial charge >= 0.3 is 0 Å². The van der Waals surface area contributed by atoms with Crippen molar-refractivity contribution in [3.05, 3.63) is 57.6 Å². The zero-order chi connectivity index (χ0) is 17.3. The van der Waals surface area contributed by atoms with E-state index >= 15 is 0 Å². The lowest BCUT2D eigenvalue weighted by Gasteiger charge is -2.18. The molecule has 0 unspecified atom stereocenters. The molecule has 2 aromatic carbocycles. The molecule has 0 aliphatic heterocycles. The van der Waals surface area contributed by atoms with Crippen LogP contribution in [0.25, 0.3) is 0 Å². The third kappa shape index (κ3) is 3.69. The standard InChI is InChI=1S/C21H30N2/c1-12(2)18-10-16(14(5)7-20(18)22)9-17-11-19(13(3)4)21(23)8-15(17)6/h7-8,10-13H,9,22-23H2,1-6H3. The number of nitrogens with two attached hydrogens (primary N) is 2. The van der Waals surface area contributed by atoms with Crippen molar-refractivity contribution in [2.24, 2.45) is 0 Å². The van der Waals surface area contributed by atoms with Gasteiger partial charge in [-0.1, -0.05) is 39.8 Å². The van der Waals surface area contributed by atoms with Crippen LogP contribution in [-0.2, 0) is 6.42 Å². The van der Waals surface area contributed by atoms with E-state index < -0.39 is 0 Å². The monoisotopic (exact) mass is 310 g/mol. The van der Waals surface area contributed by atoms with E-state index in [9.17, 15) is 0 Å². The molecule has 0 radical (unpaired) electrons. The Labute approximate surface area is 140 Å². The molecule has 2 aromatic rings. The Morgan fingerprint density at radius 1 is 0.696 bits per heavy atom. The highest BCUT2D eigenvalue weighted by atomic mass is 14.6. The molecule has 0 atom stereocenters. The first kappa shape index (κ1) is 17.4. The number of rotatable bonds is 4. The van der Waals surface area contributed by atoms with E-state index in [4.69, 9.17) is 11.5 Å². The average Bonchev–Trinajstić information content (AvgIpc) is 2.43. The molecule has 0 amide bonds. The lowest BCUT2D eigenvalue weighted by Crippen LogP contribution is -2.04. The van der Waals surface area contributed by atoms with Crippen molar-refractivity contribution in [3.8, 4) is 0 Å². The first-order chi connectivity index (χ1) is 10.7. The molecule has 0 aliphatic rings. The quantitative estimate of drug-likeness (QED) is 0.752. The van der Waals surface area contributed by atoms with Crippen molar-refractivity contribution >= 4 is 11.4 Å². The van der Waals surface area contributed by atoms with Gasteiger partial charge in [-0.25, -0.2) is 0 Å². The Kier molecular flexibility index (Phi) is 5.03. The van der Waals surface area contributed by atoms with Crippen LogP contribution in [0.3, 0.4) is 0 Å². The van der Waals surface area contributed by atoms with Crippen LogP contribution in [0.4, 0.5) is 11.4 Å². The van der Waals surface area contributed by atoms with E-state index in [1.54, 1.807) is 0 Å². The van der Waals surface area contributed by atoms with Crippen molar-refractivity contribution in [2.45, 2.75) is 59.8 Å². The number of nitrogen functional groups attached to an aromatic ring is 2. The molecule has 0 heterocycles. The minimum atomic E-state index is 0.438. The van der Waals surface area contributed by atoms with Gasteiger partial charge in [-0.3, -0.25) is 0 Å². The molecule has 2 heteroatoms. The molecule has 2 nitrogen and oxygen atoms in total. The van der Waals surface area contributed by atoms with E-state index in [-0.39, 0.29) is 0 Å². The van der Waals surface area contributed by atoms with Crippen molar-refractivity contribution in [1.82, 2.24) is 0 Å². The van der Waals surface area contributed by atoms with Crippen molar-refractivity contribution in [3.63, 3.8) is 0 Å². The van der Waals surface area contributed by atoms with Gasteiger partial charge in [0, 0.05) is 11.4 Å². The molecular formula is C21H30N2. The lowest BCUT2D eigenvalue weighted by atomic mass is 9.89. The summed E-state index contributed by atoms with van der Waals surface area (Å²) in [6, 6.07) is 8.78. The number of hydrogen-bond acceptors (Lipinski definition) is 2. The van der Waals surface area contributed by atoms with Crippen LogP contribution in [-0.4, -0.2) is 0 Å². The molecule has 0 aromatic heterocycles. The fourth-order valence-corrected chi connectivity index (χ4v) is 3.17. The van der Waals surface area contributed by atoms with Gasteiger partial charge < -0.3 is 11.5 Å². The van der Waals surface area contributed by atoms with Gasteiger partial charge in [-0.15, -0.1) is 0 Å². The summed E-state index contributed by atoms with van der Waals surface area (Å²) in [5.74, 6) is 0.876. The van der Waals surface area contributed by atoms with Gasteiger partial charge in [0.2, 0.25) is 0 Å². The summed E-state index contributed by atoms with van der Waals surface area (Å²) in [6.45, 7) is 13.1. The van der Waals surface area contributed by atoms with Crippen LogP contribution in [0.15, 0.2) is 24.3 Å². The number of anilines is 2. The summed E-state index contributed by atoms with van der Waals surface area (Å²) in [5.41, 5.74) is 21.9. The maximum absolute atomic E-state index is 6.18. The Morgan fingerprint density at radius 2 is 1.04 bits per heavy atom. The molecule has 0 spiro atoms. The van der Waals surface area contributed by atoms with Crippen LogP contribution in [0.5, 0.6) is 0 Å². The van der Waals surface area contributed by atoms with Gasteiger partial charge in [0.05, 0.1) is 0 Å². The fourth-order valence-electron chi connectivity index (χ4n) is 3.17. The molecule has 0 saturated heterocycles. The smallest absolute Gasteiger partial charge is 0.0352 e. The van der Waals surface area contributed by atoms with E-state index in [0.717, 1.165) is 17.8 Å². The summed E-state index contributed by atoms with van der Waals surface area (Å²) in [6.07, 6.45) is 0.928. The Hall–Kier alpha value is -1.96.